The molecule has 7 heteroatoms. The van der Waals surface area contributed by atoms with Gasteiger partial charge in [0, 0.05) is 38.8 Å². The number of halogens is 1. The number of amides is 2. The van der Waals surface area contributed by atoms with Crippen molar-refractivity contribution in [3.8, 4) is 0 Å². The number of hydrogen-bond donors (Lipinski definition) is 2. The van der Waals surface area contributed by atoms with Crippen LogP contribution in [-0.4, -0.2) is 48.9 Å². The highest BCUT2D eigenvalue weighted by atomic mass is 19.1. The van der Waals surface area contributed by atoms with Gasteiger partial charge in [0.2, 0.25) is 0 Å². The van der Waals surface area contributed by atoms with Crippen LogP contribution in [-0.2, 0) is 6.42 Å². The molecule has 6 nitrogen and oxygen atoms in total. The van der Waals surface area contributed by atoms with Crippen LogP contribution >= 0.6 is 0 Å². The molecule has 0 aromatic heterocycles. The van der Waals surface area contributed by atoms with Crippen LogP contribution in [0, 0.1) is 5.82 Å². The highest BCUT2D eigenvalue weighted by Crippen LogP contribution is 2.25. The second kappa shape index (κ2) is 12.1. The maximum Gasteiger partial charge on any atom is 0.256 e. The number of para-hydroxylation sites is 1. The Morgan fingerprint density at radius 2 is 1.44 bits per heavy atom. The van der Waals surface area contributed by atoms with Crippen molar-refractivity contribution in [3.63, 3.8) is 0 Å². The van der Waals surface area contributed by atoms with Gasteiger partial charge in [0.1, 0.15) is 11.7 Å². The molecule has 0 atom stereocenters. The number of aliphatic hydroxyl groups is 1. The van der Waals surface area contributed by atoms with Crippen molar-refractivity contribution in [1.82, 2.24) is 10.2 Å². The fourth-order valence-corrected chi connectivity index (χ4v) is 2.85. The van der Waals surface area contributed by atoms with E-state index in [4.69, 9.17) is 5.11 Å². The molecule has 0 radical (unpaired) electrons. The van der Waals surface area contributed by atoms with E-state index >= 15 is 0 Å². The molecule has 2 N–H and O–H groups in total. The normalized spacial score (nSPS) is 11.0. The lowest BCUT2D eigenvalue weighted by molar-refractivity contribution is 0.0826. The molecule has 3 aromatic rings. The van der Waals surface area contributed by atoms with Crippen molar-refractivity contribution in [2.75, 3.05) is 21.2 Å². The molecule has 0 unspecified atom stereocenters. The summed E-state index contributed by atoms with van der Waals surface area (Å²) in [5.74, 6) is 0.153. The summed E-state index contributed by atoms with van der Waals surface area (Å²) >= 11 is 0. The van der Waals surface area contributed by atoms with Crippen molar-refractivity contribution in [1.29, 1.82) is 0 Å². The number of aliphatic hydroxyl groups excluding tert-OH is 1. The number of hydrogen-bond acceptors (Lipinski definition) is 4. The number of rotatable bonds is 2. The van der Waals surface area contributed by atoms with E-state index in [-0.39, 0.29) is 17.6 Å². The molecule has 2 amide bonds. The minimum atomic E-state index is -0.222. The Labute approximate surface area is 187 Å². The van der Waals surface area contributed by atoms with Gasteiger partial charge in [-0.05, 0) is 48.0 Å². The fourth-order valence-electron chi connectivity index (χ4n) is 2.85. The molecule has 0 spiro atoms. The van der Waals surface area contributed by atoms with E-state index in [0.29, 0.717) is 23.4 Å². The van der Waals surface area contributed by atoms with Gasteiger partial charge in [-0.25, -0.2) is 9.38 Å². The van der Waals surface area contributed by atoms with Gasteiger partial charge in [0.25, 0.3) is 11.8 Å². The molecule has 1 aliphatic heterocycles. The van der Waals surface area contributed by atoms with E-state index in [9.17, 15) is 14.0 Å². The van der Waals surface area contributed by atoms with Gasteiger partial charge in [-0.2, -0.15) is 0 Å². The first-order valence-corrected chi connectivity index (χ1v) is 9.88. The van der Waals surface area contributed by atoms with Crippen LogP contribution in [0.4, 0.5) is 10.1 Å². The summed E-state index contributed by atoms with van der Waals surface area (Å²) in [4.78, 5) is 30.0. The minimum Gasteiger partial charge on any atom is -0.400 e. The van der Waals surface area contributed by atoms with Crippen LogP contribution < -0.4 is 5.32 Å². The summed E-state index contributed by atoms with van der Waals surface area (Å²) in [6.45, 7) is 0. The maximum atomic E-state index is 12.3. The van der Waals surface area contributed by atoms with Crippen LogP contribution in [0.15, 0.2) is 83.9 Å². The average molecular weight is 435 g/mol. The van der Waals surface area contributed by atoms with E-state index in [2.05, 4.69) is 10.3 Å². The minimum absolute atomic E-state index is 0.0902. The predicted octanol–water partition coefficient (Wildman–Crippen LogP) is 3.84. The monoisotopic (exact) mass is 435 g/mol. The lowest BCUT2D eigenvalue weighted by atomic mass is 10.1. The Morgan fingerprint density at radius 3 is 1.97 bits per heavy atom. The second-order valence-corrected chi connectivity index (χ2v) is 6.89. The summed E-state index contributed by atoms with van der Waals surface area (Å²) in [7, 11) is 4.39. The van der Waals surface area contributed by atoms with E-state index in [1.807, 2.05) is 24.3 Å². The van der Waals surface area contributed by atoms with Crippen LogP contribution in [0.5, 0.6) is 0 Å². The molecular weight excluding hydrogens is 409 g/mol. The quantitative estimate of drug-likeness (QED) is 0.642. The second-order valence-electron chi connectivity index (χ2n) is 6.89. The summed E-state index contributed by atoms with van der Waals surface area (Å²) in [6, 6.07) is 22.4. The van der Waals surface area contributed by atoms with Gasteiger partial charge in [-0.1, -0.05) is 36.4 Å². The van der Waals surface area contributed by atoms with Crippen molar-refractivity contribution in [3.05, 3.63) is 101 Å². The van der Waals surface area contributed by atoms with Gasteiger partial charge < -0.3 is 15.3 Å². The van der Waals surface area contributed by atoms with Crippen molar-refractivity contribution < 1.29 is 19.1 Å². The molecule has 4 rings (SSSR count). The number of carbonyl (C=O) groups is 2. The predicted molar refractivity (Wildman–Crippen MR) is 124 cm³/mol. The molecule has 0 saturated heterocycles. The topological polar surface area (TPSA) is 82.0 Å². The Balaban J connectivity index is 0.000000340. The van der Waals surface area contributed by atoms with Gasteiger partial charge in [-0.15, -0.1) is 0 Å². The molecule has 0 fully saturated rings. The van der Waals surface area contributed by atoms with Gasteiger partial charge in [0.15, 0.2) is 0 Å². The lowest BCUT2D eigenvalue weighted by Gasteiger charge is -2.10. The number of nitrogens with zero attached hydrogens (tertiary/aromatic N) is 2. The summed E-state index contributed by atoms with van der Waals surface area (Å²) in [5, 5.41) is 9.83. The third kappa shape index (κ3) is 6.85. The van der Waals surface area contributed by atoms with E-state index in [0.717, 1.165) is 18.4 Å². The fraction of sp³-hybridized carbons (Fsp3) is 0.160. The SMILES string of the molecule is CN(C)C(=O)c1ccc(C(=O)NC2=Nc3ccccc3C2)cc1.CO.Fc1ccccc1. The summed E-state index contributed by atoms with van der Waals surface area (Å²) < 4.78 is 11.9. The third-order valence-corrected chi connectivity index (χ3v) is 4.40. The first-order chi connectivity index (χ1) is 15.4. The third-order valence-electron chi connectivity index (χ3n) is 4.40. The molecule has 3 aromatic carbocycles. The zero-order chi connectivity index (χ0) is 23.5. The highest BCUT2D eigenvalue weighted by Gasteiger charge is 2.17. The summed E-state index contributed by atoms with van der Waals surface area (Å²) in [5.41, 5.74) is 3.06. The highest BCUT2D eigenvalue weighted by molar-refractivity contribution is 6.09. The van der Waals surface area contributed by atoms with Crippen molar-refractivity contribution >= 4 is 23.3 Å². The number of aliphatic imine (C=N–C) groups is 1. The van der Waals surface area contributed by atoms with E-state index in [1.165, 1.54) is 17.0 Å². The van der Waals surface area contributed by atoms with Crippen molar-refractivity contribution in [2.24, 2.45) is 4.99 Å². The Morgan fingerprint density at radius 1 is 0.875 bits per heavy atom. The molecular formula is C25H26FN3O3. The van der Waals surface area contributed by atoms with Crippen LogP contribution in [0.25, 0.3) is 0 Å². The van der Waals surface area contributed by atoms with E-state index in [1.54, 1.807) is 56.6 Å². The first kappa shape index (κ1) is 24.4. The maximum absolute atomic E-state index is 12.3. The van der Waals surface area contributed by atoms with Gasteiger partial charge in [-0.3, -0.25) is 9.59 Å². The molecule has 1 aliphatic rings. The van der Waals surface area contributed by atoms with Crippen molar-refractivity contribution in [2.45, 2.75) is 6.42 Å². The van der Waals surface area contributed by atoms with Gasteiger partial charge in [0.05, 0.1) is 5.69 Å². The standard InChI is InChI=1S/C18H17N3O2.C6H5F.CH4O/c1-21(2)18(23)13-9-7-12(8-10-13)17(22)20-16-11-14-5-3-4-6-15(14)19-16;7-6-4-2-1-3-5-6;1-2/h3-10H,11H2,1-2H3,(H,19,20,22);1-5H;2H,1H3. The molecule has 0 bridgehead atoms. The Kier molecular flexibility index (Phi) is 9.25. The average Bonchev–Trinajstić information content (AvgIpc) is 3.23. The van der Waals surface area contributed by atoms with Gasteiger partial charge >= 0.3 is 0 Å². The molecule has 0 saturated carbocycles. The molecule has 32 heavy (non-hydrogen) atoms. The van der Waals surface area contributed by atoms with E-state index < -0.39 is 0 Å². The smallest absolute Gasteiger partial charge is 0.256 e. The number of nitrogens with one attached hydrogen (secondary N) is 1. The largest absolute Gasteiger partial charge is 0.400 e. The molecule has 166 valence electrons. The zero-order valence-electron chi connectivity index (χ0n) is 18.2. The number of fused-ring (bicyclic) bond motifs is 1. The number of carbonyl (C=O) groups excluding carboxylic acids is 2. The Bertz CT molecular complexity index is 1070. The van der Waals surface area contributed by atoms with Crippen LogP contribution in [0.1, 0.15) is 26.3 Å². The van der Waals surface area contributed by atoms with Crippen LogP contribution in [0.2, 0.25) is 0 Å². The lowest BCUT2D eigenvalue weighted by Crippen LogP contribution is -2.30. The molecule has 1 heterocycles. The van der Waals surface area contributed by atoms with Crippen LogP contribution in [0.3, 0.4) is 0 Å². The number of amidine groups is 1. The number of benzene rings is 3. The zero-order valence-corrected chi connectivity index (χ0v) is 18.2. The molecule has 0 aliphatic carbocycles. The summed E-state index contributed by atoms with van der Waals surface area (Å²) in [6.07, 6.45) is 0.624. The first-order valence-electron chi connectivity index (χ1n) is 9.88. The Hall–Kier alpha value is -3.84.